The van der Waals surface area contributed by atoms with E-state index in [1.807, 2.05) is 13.0 Å². The standard InChI is InChI=1S/C35H50N4O6/c1-7-12-15-25(10-4)22-44-34(42)27-17-18-28(35(43)45-23-26(11-5)16-13-8-2)30(20-27)37-38-31-24(6)29(21-36)32(40)39(33(31)41)19-14-9-3/h17-18,20,25-26,41H,7-16,19,22-23H2,1-6H3/b38-37+. The van der Waals surface area contributed by atoms with Crippen LogP contribution in [0.5, 0.6) is 5.88 Å². The minimum absolute atomic E-state index is 0.0395. The number of pyridine rings is 1. The Kier molecular flexibility index (Phi) is 16.0. The lowest BCUT2D eigenvalue weighted by atomic mass is 10.0. The van der Waals surface area contributed by atoms with Crippen LogP contribution in [0.4, 0.5) is 11.4 Å². The summed E-state index contributed by atoms with van der Waals surface area (Å²) in [6, 6.07) is 6.28. The van der Waals surface area contributed by atoms with Gasteiger partial charge in [0.2, 0.25) is 5.88 Å². The highest BCUT2D eigenvalue weighted by Crippen LogP contribution is 2.34. The molecule has 45 heavy (non-hydrogen) atoms. The summed E-state index contributed by atoms with van der Waals surface area (Å²) < 4.78 is 12.4. The van der Waals surface area contributed by atoms with Gasteiger partial charge in [-0.2, -0.15) is 5.26 Å². The Labute approximate surface area is 267 Å². The van der Waals surface area contributed by atoms with Crippen molar-refractivity contribution in [3.63, 3.8) is 0 Å². The zero-order chi connectivity index (χ0) is 33.4. The molecule has 0 saturated carbocycles. The topological polar surface area (TPSA) is 143 Å². The molecule has 2 rings (SSSR count). The number of nitriles is 1. The van der Waals surface area contributed by atoms with Crippen molar-refractivity contribution in [3.05, 3.63) is 50.8 Å². The molecule has 10 nitrogen and oxygen atoms in total. The molecular formula is C35H50N4O6. The van der Waals surface area contributed by atoms with E-state index in [1.54, 1.807) is 0 Å². The molecule has 2 atom stereocenters. The summed E-state index contributed by atoms with van der Waals surface area (Å²) in [4.78, 5) is 39.2. The van der Waals surface area contributed by atoms with Crippen molar-refractivity contribution < 1.29 is 24.2 Å². The van der Waals surface area contributed by atoms with Crippen LogP contribution < -0.4 is 5.56 Å². The van der Waals surface area contributed by atoms with Crippen molar-refractivity contribution >= 4 is 23.3 Å². The zero-order valence-corrected chi connectivity index (χ0v) is 27.9. The molecular weight excluding hydrogens is 572 g/mol. The highest BCUT2D eigenvalue weighted by Gasteiger charge is 2.22. The molecule has 0 aliphatic heterocycles. The van der Waals surface area contributed by atoms with Gasteiger partial charge in [-0.3, -0.25) is 9.36 Å². The molecule has 1 heterocycles. The minimum Gasteiger partial charge on any atom is -0.493 e. The Morgan fingerprint density at radius 2 is 1.49 bits per heavy atom. The molecule has 0 radical (unpaired) electrons. The van der Waals surface area contributed by atoms with Gasteiger partial charge < -0.3 is 14.6 Å². The van der Waals surface area contributed by atoms with E-state index in [4.69, 9.17) is 9.47 Å². The van der Waals surface area contributed by atoms with Crippen molar-refractivity contribution in [2.45, 2.75) is 112 Å². The number of ether oxygens (including phenoxy) is 2. The molecule has 0 aliphatic rings. The fourth-order valence-electron chi connectivity index (χ4n) is 4.94. The number of aromatic nitrogens is 1. The SMILES string of the molecule is CCCCC(CC)COC(=O)c1ccc(C(=O)OCC(CC)CCCC)c(/N=N/c2c(C)c(C#N)c(=O)n(CCCC)c2O)c1. The predicted octanol–water partition coefficient (Wildman–Crippen LogP) is 8.70. The fraction of sp³-hybridized carbons (Fsp3) is 0.600. The van der Waals surface area contributed by atoms with Crippen LogP contribution in [0, 0.1) is 30.1 Å². The largest absolute Gasteiger partial charge is 0.493 e. The number of benzene rings is 1. The molecule has 2 aromatic rings. The molecule has 10 heteroatoms. The molecule has 2 unspecified atom stereocenters. The van der Waals surface area contributed by atoms with Crippen LogP contribution in [0.3, 0.4) is 0 Å². The van der Waals surface area contributed by atoms with Gasteiger partial charge >= 0.3 is 11.9 Å². The van der Waals surface area contributed by atoms with Crippen LogP contribution in [0.15, 0.2) is 33.2 Å². The van der Waals surface area contributed by atoms with Crippen molar-refractivity contribution in [3.8, 4) is 11.9 Å². The molecule has 0 amide bonds. The number of carbonyl (C=O) groups excluding carboxylic acids is 2. The van der Waals surface area contributed by atoms with Crippen LogP contribution in [0.2, 0.25) is 0 Å². The number of nitrogens with zero attached hydrogens (tertiary/aromatic N) is 4. The second kappa shape index (κ2) is 19.4. The third-order valence-electron chi connectivity index (χ3n) is 8.20. The van der Waals surface area contributed by atoms with Crippen LogP contribution in [-0.4, -0.2) is 34.8 Å². The quantitative estimate of drug-likeness (QED) is 0.122. The maximum Gasteiger partial charge on any atom is 0.340 e. The molecule has 246 valence electrons. The summed E-state index contributed by atoms with van der Waals surface area (Å²) in [5.41, 5.74) is -0.346. The summed E-state index contributed by atoms with van der Waals surface area (Å²) in [5.74, 6) is -1.11. The predicted molar refractivity (Wildman–Crippen MR) is 175 cm³/mol. The lowest BCUT2D eigenvalue weighted by Gasteiger charge is -2.16. The first-order valence-electron chi connectivity index (χ1n) is 16.4. The highest BCUT2D eigenvalue weighted by atomic mass is 16.5. The number of rotatable bonds is 19. The number of aromatic hydroxyl groups is 1. The van der Waals surface area contributed by atoms with Gasteiger partial charge in [-0.25, -0.2) is 9.59 Å². The van der Waals surface area contributed by atoms with Crippen molar-refractivity contribution in [1.29, 1.82) is 5.26 Å². The smallest absolute Gasteiger partial charge is 0.340 e. The Morgan fingerprint density at radius 1 is 0.911 bits per heavy atom. The Bertz CT molecular complexity index is 1410. The molecule has 0 bridgehead atoms. The van der Waals surface area contributed by atoms with E-state index in [-0.39, 0.29) is 65.2 Å². The third kappa shape index (κ3) is 10.5. The molecule has 1 aromatic carbocycles. The van der Waals surface area contributed by atoms with Gasteiger partial charge in [0.05, 0.1) is 24.3 Å². The van der Waals surface area contributed by atoms with E-state index < -0.39 is 23.4 Å². The Morgan fingerprint density at radius 3 is 2.02 bits per heavy atom. The Balaban J connectivity index is 2.53. The van der Waals surface area contributed by atoms with Gasteiger partial charge in [0, 0.05) is 12.1 Å². The number of azo groups is 1. The van der Waals surface area contributed by atoms with Gasteiger partial charge in [-0.05, 0) is 56.2 Å². The number of hydrogen-bond donors (Lipinski definition) is 1. The van der Waals surface area contributed by atoms with E-state index in [9.17, 15) is 24.8 Å². The molecule has 0 fully saturated rings. The first-order chi connectivity index (χ1) is 21.7. The number of unbranched alkanes of at least 4 members (excludes halogenated alkanes) is 3. The molecule has 1 N–H and O–H groups in total. The molecule has 0 spiro atoms. The van der Waals surface area contributed by atoms with Crippen LogP contribution in [0.25, 0.3) is 0 Å². The van der Waals surface area contributed by atoms with E-state index in [0.29, 0.717) is 6.42 Å². The van der Waals surface area contributed by atoms with Crippen LogP contribution in [0.1, 0.15) is 131 Å². The lowest BCUT2D eigenvalue weighted by Crippen LogP contribution is -2.24. The summed E-state index contributed by atoms with van der Waals surface area (Å²) in [5, 5.41) is 29.1. The Hall–Kier alpha value is -4.00. The lowest BCUT2D eigenvalue weighted by molar-refractivity contribution is 0.0415. The third-order valence-corrected chi connectivity index (χ3v) is 8.20. The summed E-state index contributed by atoms with van der Waals surface area (Å²) >= 11 is 0. The van der Waals surface area contributed by atoms with Gasteiger partial charge in [-0.1, -0.05) is 79.6 Å². The molecule has 0 aliphatic carbocycles. The number of esters is 2. The second-order valence-electron chi connectivity index (χ2n) is 11.6. The van der Waals surface area contributed by atoms with E-state index >= 15 is 0 Å². The van der Waals surface area contributed by atoms with Crippen molar-refractivity contribution in [1.82, 2.24) is 4.57 Å². The van der Waals surface area contributed by atoms with Gasteiger partial charge in [0.15, 0.2) is 5.69 Å². The zero-order valence-electron chi connectivity index (χ0n) is 27.9. The summed E-state index contributed by atoms with van der Waals surface area (Å²) in [7, 11) is 0. The first kappa shape index (κ1) is 37.2. The van der Waals surface area contributed by atoms with E-state index in [1.165, 1.54) is 25.1 Å². The minimum atomic E-state index is -0.615. The van der Waals surface area contributed by atoms with Gasteiger partial charge in [0.1, 0.15) is 17.3 Å². The van der Waals surface area contributed by atoms with Crippen molar-refractivity contribution in [2.75, 3.05) is 13.2 Å². The maximum absolute atomic E-state index is 13.3. The monoisotopic (exact) mass is 622 g/mol. The number of carbonyl (C=O) groups is 2. The second-order valence-corrected chi connectivity index (χ2v) is 11.6. The average molecular weight is 623 g/mol. The van der Waals surface area contributed by atoms with Crippen molar-refractivity contribution in [2.24, 2.45) is 22.1 Å². The summed E-state index contributed by atoms with van der Waals surface area (Å²) in [6.45, 7) is 12.6. The maximum atomic E-state index is 13.3. The van der Waals surface area contributed by atoms with E-state index in [2.05, 4.69) is 37.9 Å². The van der Waals surface area contributed by atoms with E-state index in [0.717, 1.165) is 62.4 Å². The normalized spacial score (nSPS) is 12.6. The number of hydrogen-bond acceptors (Lipinski definition) is 9. The average Bonchev–Trinajstić information content (AvgIpc) is 3.04. The molecule has 1 aromatic heterocycles. The fourth-order valence-corrected chi connectivity index (χ4v) is 4.94. The first-order valence-corrected chi connectivity index (χ1v) is 16.4. The van der Waals surface area contributed by atoms with Gasteiger partial charge in [-0.15, -0.1) is 10.2 Å². The molecule has 0 saturated heterocycles. The van der Waals surface area contributed by atoms with Crippen LogP contribution >= 0.6 is 0 Å². The highest BCUT2D eigenvalue weighted by molar-refractivity contribution is 5.98. The van der Waals surface area contributed by atoms with Gasteiger partial charge in [0.25, 0.3) is 5.56 Å². The summed E-state index contributed by atoms with van der Waals surface area (Å²) in [6.07, 6.45) is 9.26. The van der Waals surface area contributed by atoms with Crippen LogP contribution in [-0.2, 0) is 16.0 Å².